The van der Waals surface area contributed by atoms with E-state index in [1.54, 1.807) is 0 Å². The number of hydrogen-bond donors (Lipinski definition) is 0. The maximum absolute atomic E-state index is 12.8. The molecule has 0 radical (unpaired) electrons. The average molecular weight is 428 g/mol. The minimum Gasteiger partial charge on any atom is -0.490 e. The van der Waals surface area contributed by atoms with Crippen molar-refractivity contribution in [3.8, 4) is 5.75 Å². The van der Waals surface area contributed by atoms with Gasteiger partial charge in [-0.25, -0.2) is 0 Å². The Morgan fingerprint density at radius 2 is 1.60 bits per heavy atom. The molecular formula is C25H30ClNO3. The van der Waals surface area contributed by atoms with Crippen LogP contribution in [0.1, 0.15) is 56.0 Å². The summed E-state index contributed by atoms with van der Waals surface area (Å²) in [5, 5.41) is 0.689. The van der Waals surface area contributed by atoms with Gasteiger partial charge in [0.1, 0.15) is 17.6 Å². The van der Waals surface area contributed by atoms with E-state index in [9.17, 15) is 9.59 Å². The lowest BCUT2D eigenvalue weighted by Crippen LogP contribution is -2.41. The predicted octanol–water partition coefficient (Wildman–Crippen LogP) is 5.57. The minimum atomic E-state index is -0.306. The number of piperidine rings is 1. The first-order valence-electron chi connectivity index (χ1n) is 10.6. The van der Waals surface area contributed by atoms with Crippen LogP contribution in [0.4, 0.5) is 0 Å². The number of ether oxygens (including phenoxy) is 1. The summed E-state index contributed by atoms with van der Waals surface area (Å²) in [4.78, 5) is 26.8. The molecule has 1 saturated heterocycles. The summed E-state index contributed by atoms with van der Waals surface area (Å²) >= 11 is 5.91. The summed E-state index contributed by atoms with van der Waals surface area (Å²) in [5.74, 6) is 1.12. The summed E-state index contributed by atoms with van der Waals surface area (Å²) in [6, 6.07) is 15.0. The van der Waals surface area contributed by atoms with Gasteiger partial charge in [0.2, 0.25) is 0 Å². The smallest absolute Gasteiger partial charge is 0.253 e. The molecule has 1 amide bonds. The molecule has 0 atom stereocenters. The highest BCUT2D eigenvalue weighted by molar-refractivity contribution is 6.30. The maximum Gasteiger partial charge on any atom is 0.253 e. The van der Waals surface area contributed by atoms with Crippen LogP contribution < -0.4 is 4.74 Å². The molecule has 0 aliphatic carbocycles. The second-order valence-electron chi connectivity index (χ2n) is 8.93. The summed E-state index contributed by atoms with van der Waals surface area (Å²) in [7, 11) is 0. The Kier molecular flexibility index (Phi) is 7.19. The van der Waals surface area contributed by atoms with Gasteiger partial charge in [-0.2, -0.15) is 0 Å². The summed E-state index contributed by atoms with van der Waals surface area (Å²) in [6.45, 7) is 7.19. The topological polar surface area (TPSA) is 46.6 Å². The first kappa shape index (κ1) is 22.4. The predicted molar refractivity (Wildman–Crippen MR) is 120 cm³/mol. The van der Waals surface area contributed by atoms with Crippen molar-refractivity contribution >= 4 is 23.3 Å². The molecule has 1 fully saturated rings. The number of ketones is 1. The number of carbonyl (C=O) groups excluding carboxylic acids is 2. The molecule has 1 heterocycles. The zero-order valence-electron chi connectivity index (χ0n) is 18.0. The Hall–Kier alpha value is -2.33. The van der Waals surface area contributed by atoms with Crippen molar-refractivity contribution in [1.29, 1.82) is 0 Å². The number of hydrogen-bond acceptors (Lipinski definition) is 3. The second-order valence-corrected chi connectivity index (χ2v) is 9.37. The van der Waals surface area contributed by atoms with Crippen molar-refractivity contribution in [2.75, 3.05) is 13.1 Å². The summed E-state index contributed by atoms with van der Waals surface area (Å²) in [6.07, 6.45) is 2.96. The molecule has 1 aliphatic rings. The average Bonchev–Trinajstić information content (AvgIpc) is 2.73. The molecule has 0 unspecified atom stereocenters. The third-order valence-corrected chi connectivity index (χ3v) is 5.78. The van der Waals surface area contributed by atoms with Crippen LogP contribution in [0.15, 0.2) is 48.5 Å². The lowest BCUT2D eigenvalue weighted by Gasteiger charge is -2.32. The number of likely N-dealkylation sites (tertiary alicyclic amines) is 1. The van der Waals surface area contributed by atoms with Crippen LogP contribution in [-0.2, 0) is 11.2 Å². The molecule has 0 N–H and O–H groups in total. The zero-order valence-corrected chi connectivity index (χ0v) is 18.7. The van der Waals surface area contributed by atoms with E-state index >= 15 is 0 Å². The quantitative estimate of drug-likeness (QED) is 0.605. The molecule has 0 bridgehead atoms. The van der Waals surface area contributed by atoms with Crippen LogP contribution in [0.3, 0.4) is 0 Å². The number of aryl methyl sites for hydroxylation is 1. The molecule has 3 rings (SSSR count). The molecule has 0 spiro atoms. The van der Waals surface area contributed by atoms with Crippen LogP contribution in [-0.4, -0.2) is 35.8 Å². The van der Waals surface area contributed by atoms with E-state index in [4.69, 9.17) is 16.3 Å². The molecular weight excluding hydrogens is 398 g/mol. The van der Waals surface area contributed by atoms with Crippen LogP contribution >= 0.6 is 11.6 Å². The van der Waals surface area contributed by atoms with Gasteiger partial charge in [0.15, 0.2) is 0 Å². The number of carbonyl (C=O) groups is 2. The van der Waals surface area contributed by atoms with Gasteiger partial charge in [0.25, 0.3) is 5.91 Å². The highest BCUT2D eigenvalue weighted by atomic mass is 35.5. The molecule has 4 nitrogen and oxygen atoms in total. The second kappa shape index (κ2) is 9.65. The molecule has 5 heteroatoms. The largest absolute Gasteiger partial charge is 0.490 e. The number of amides is 1. The lowest BCUT2D eigenvalue weighted by molar-refractivity contribution is -0.126. The van der Waals surface area contributed by atoms with Crippen molar-refractivity contribution in [2.24, 2.45) is 5.41 Å². The van der Waals surface area contributed by atoms with Crippen molar-refractivity contribution in [2.45, 2.75) is 52.6 Å². The van der Waals surface area contributed by atoms with E-state index in [0.29, 0.717) is 36.5 Å². The fraction of sp³-hybridized carbons (Fsp3) is 0.440. The SMILES string of the molecule is CC(C)(C)C(=O)CCc1ccc(C(=O)N2CCC(Oc3ccc(Cl)cc3)CC2)cc1. The van der Waals surface area contributed by atoms with Gasteiger partial charge in [-0.3, -0.25) is 9.59 Å². The van der Waals surface area contributed by atoms with Crippen molar-refractivity contribution in [1.82, 2.24) is 4.90 Å². The van der Waals surface area contributed by atoms with E-state index < -0.39 is 0 Å². The third kappa shape index (κ3) is 6.09. The van der Waals surface area contributed by atoms with Gasteiger partial charge < -0.3 is 9.64 Å². The van der Waals surface area contributed by atoms with Crippen LogP contribution in [0.25, 0.3) is 0 Å². The van der Waals surface area contributed by atoms with Gasteiger partial charge in [-0.1, -0.05) is 44.5 Å². The molecule has 0 aromatic heterocycles. The fourth-order valence-electron chi connectivity index (χ4n) is 3.51. The van der Waals surface area contributed by atoms with E-state index in [0.717, 1.165) is 24.2 Å². The fourth-order valence-corrected chi connectivity index (χ4v) is 3.64. The van der Waals surface area contributed by atoms with Crippen molar-refractivity contribution in [3.05, 3.63) is 64.7 Å². The molecule has 2 aromatic carbocycles. The van der Waals surface area contributed by atoms with Gasteiger partial charge in [-0.15, -0.1) is 0 Å². The normalized spacial score (nSPS) is 15.1. The third-order valence-electron chi connectivity index (χ3n) is 5.52. The minimum absolute atomic E-state index is 0.0530. The summed E-state index contributed by atoms with van der Waals surface area (Å²) < 4.78 is 6.01. The molecule has 1 aliphatic heterocycles. The standard InChI is InChI=1S/C25H30ClNO3/c1-25(2,3)23(28)13-6-18-4-7-19(8-5-18)24(29)27-16-14-22(15-17-27)30-21-11-9-20(26)10-12-21/h4-5,7-12,22H,6,13-17H2,1-3H3. The Balaban J connectivity index is 1.48. The Labute approximate surface area is 184 Å². The Morgan fingerprint density at radius 3 is 2.17 bits per heavy atom. The van der Waals surface area contributed by atoms with Gasteiger partial charge in [-0.05, 0) is 48.4 Å². The molecule has 0 saturated carbocycles. The highest BCUT2D eigenvalue weighted by Gasteiger charge is 2.25. The van der Waals surface area contributed by atoms with Crippen LogP contribution in [0.2, 0.25) is 5.02 Å². The number of nitrogens with zero attached hydrogens (tertiary/aromatic N) is 1. The van der Waals surface area contributed by atoms with E-state index in [-0.39, 0.29) is 23.2 Å². The first-order valence-corrected chi connectivity index (χ1v) is 10.9. The molecule has 160 valence electrons. The van der Waals surface area contributed by atoms with Gasteiger partial charge in [0, 0.05) is 48.4 Å². The molecule has 2 aromatic rings. The van der Waals surface area contributed by atoms with E-state index in [2.05, 4.69) is 0 Å². The summed E-state index contributed by atoms with van der Waals surface area (Å²) in [5.41, 5.74) is 1.47. The Morgan fingerprint density at radius 1 is 1.00 bits per heavy atom. The zero-order chi connectivity index (χ0) is 21.7. The van der Waals surface area contributed by atoms with Crippen LogP contribution in [0.5, 0.6) is 5.75 Å². The highest BCUT2D eigenvalue weighted by Crippen LogP contribution is 2.22. The van der Waals surface area contributed by atoms with Crippen molar-refractivity contribution in [3.63, 3.8) is 0 Å². The van der Waals surface area contributed by atoms with E-state index in [1.165, 1.54) is 0 Å². The monoisotopic (exact) mass is 427 g/mol. The number of halogens is 1. The Bertz CT molecular complexity index is 861. The molecule has 30 heavy (non-hydrogen) atoms. The van der Waals surface area contributed by atoms with Crippen molar-refractivity contribution < 1.29 is 14.3 Å². The van der Waals surface area contributed by atoms with Gasteiger partial charge >= 0.3 is 0 Å². The number of benzene rings is 2. The number of Topliss-reactive ketones (excluding diaryl/α,β-unsaturated/α-hetero) is 1. The van der Waals surface area contributed by atoms with E-state index in [1.807, 2.05) is 74.2 Å². The lowest BCUT2D eigenvalue weighted by atomic mass is 9.87. The number of rotatable bonds is 6. The maximum atomic E-state index is 12.8. The van der Waals surface area contributed by atoms with Crippen LogP contribution in [0, 0.1) is 5.41 Å². The first-order chi connectivity index (χ1) is 14.2. The van der Waals surface area contributed by atoms with Gasteiger partial charge in [0.05, 0.1) is 0 Å².